The molecule has 0 aliphatic rings. The molecule has 0 saturated carbocycles. The SMILES string of the molecule is Cc1ccc(NC(=O)NC(C=O)c2ccccc2)cc1. The van der Waals surface area contributed by atoms with Crippen LogP contribution in [0.25, 0.3) is 0 Å². The molecular formula is C16H16N2O2. The van der Waals surface area contributed by atoms with Gasteiger partial charge in [0.1, 0.15) is 12.3 Å². The van der Waals surface area contributed by atoms with Crippen LogP contribution in [-0.2, 0) is 4.79 Å². The third kappa shape index (κ3) is 3.68. The maximum Gasteiger partial charge on any atom is 0.320 e. The molecule has 20 heavy (non-hydrogen) atoms. The minimum Gasteiger partial charge on any atom is -0.324 e. The molecule has 0 aliphatic carbocycles. The molecule has 0 spiro atoms. The highest BCUT2D eigenvalue weighted by molar-refractivity contribution is 5.91. The van der Waals surface area contributed by atoms with E-state index in [0.717, 1.165) is 11.1 Å². The molecular weight excluding hydrogens is 252 g/mol. The molecule has 1 unspecified atom stereocenters. The van der Waals surface area contributed by atoms with E-state index in [1.807, 2.05) is 49.4 Å². The first-order valence-electron chi connectivity index (χ1n) is 6.33. The Morgan fingerprint density at radius 1 is 1.05 bits per heavy atom. The highest BCUT2D eigenvalue weighted by atomic mass is 16.2. The van der Waals surface area contributed by atoms with Gasteiger partial charge < -0.3 is 15.4 Å². The maximum atomic E-state index is 11.9. The van der Waals surface area contributed by atoms with Crippen molar-refractivity contribution in [2.45, 2.75) is 13.0 Å². The quantitative estimate of drug-likeness (QED) is 0.837. The van der Waals surface area contributed by atoms with Gasteiger partial charge in [0.2, 0.25) is 0 Å². The van der Waals surface area contributed by atoms with Crippen molar-refractivity contribution >= 4 is 18.0 Å². The first kappa shape index (κ1) is 13.8. The number of carbonyl (C=O) groups excluding carboxylic acids is 2. The normalized spacial score (nSPS) is 11.4. The van der Waals surface area contributed by atoms with Crippen molar-refractivity contribution in [3.05, 3.63) is 65.7 Å². The molecule has 0 aliphatic heterocycles. The summed E-state index contributed by atoms with van der Waals surface area (Å²) in [6.07, 6.45) is 0.712. The molecule has 0 fully saturated rings. The smallest absolute Gasteiger partial charge is 0.320 e. The third-order valence-electron chi connectivity index (χ3n) is 2.89. The summed E-state index contributed by atoms with van der Waals surface area (Å²) in [5.74, 6) is 0. The van der Waals surface area contributed by atoms with Crippen LogP contribution in [0.5, 0.6) is 0 Å². The molecule has 2 rings (SSSR count). The van der Waals surface area contributed by atoms with E-state index in [0.29, 0.717) is 12.0 Å². The summed E-state index contributed by atoms with van der Waals surface area (Å²) in [7, 11) is 0. The zero-order chi connectivity index (χ0) is 14.4. The number of aldehydes is 1. The second-order valence-corrected chi connectivity index (χ2v) is 4.49. The number of benzene rings is 2. The molecule has 0 saturated heterocycles. The monoisotopic (exact) mass is 268 g/mol. The van der Waals surface area contributed by atoms with Crippen LogP contribution in [0.15, 0.2) is 54.6 Å². The zero-order valence-corrected chi connectivity index (χ0v) is 11.2. The second-order valence-electron chi connectivity index (χ2n) is 4.49. The molecule has 4 heteroatoms. The van der Waals surface area contributed by atoms with Gasteiger partial charge in [-0.25, -0.2) is 4.79 Å². The molecule has 1 atom stereocenters. The van der Waals surface area contributed by atoms with Crippen LogP contribution in [-0.4, -0.2) is 12.3 Å². The molecule has 102 valence electrons. The van der Waals surface area contributed by atoms with Gasteiger partial charge in [0, 0.05) is 5.69 Å². The van der Waals surface area contributed by atoms with Crippen molar-refractivity contribution in [2.75, 3.05) is 5.32 Å². The number of anilines is 1. The lowest BCUT2D eigenvalue weighted by atomic mass is 10.1. The standard InChI is InChI=1S/C16H16N2O2/c1-12-7-9-14(10-8-12)17-16(20)18-15(11-19)13-5-3-2-4-6-13/h2-11,15H,1H3,(H2,17,18,20). The van der Waals surface area contributed by atoms with Crippen LogP contribution in [0.4, 0.5) is 10.5 Å². The summed E-state index contributed by atoms with van der Waals surface area (Å²) in [5.41, 5.74) is 2.55. The summed E-state index contributed by atoms with van der Waals surface area (Å²) < 4.78 is 0. The molecule has 0 heterocycles. The van der Waals surface area contributed by atoms with Crippen LogP contribution in [0, 0.1) is 6.92 Å². The molecule has 2 amide bonds. The molecule has 2 aromatic carbocycles. The van der Waals surface area contributed by atoms with Gasteiger partial charge in [-0.05, 0) is 24.6 Å². The minimum atomic E-state index is -0.651. The van der Waals surface area contributed by atoms with Gasteiger partial charge in [-0.2, -0.15) is 0 Å². The largest absolute Gasteiger partial charge is 0.324 e. The molecule has 0 bridgehead atoms. The minimum absolute atomic E-state index is 0.408. The van der Waals surface area contributed by atoms with E-state index < -0.39 is 12.1 Å². The van der Waals surface area contributed by atoms with Crippen molar-refractivity contribution in [3.8, 4) is 0 Å². The van der Waals surface area contributed by atoms with E-state index in [4.69, 9.17) is 0 Å². The van der Waals surface area contributed by atoms with Crippen LogP contribution in [0.2, 0.25) is 0 Å². The van der Waals surface area contributed by atoms with Crippen LogP contribution >= 0.6 is 0 Å². The van der Waals surface area contributed by atoms with Crippen LogP contribution < -0.4 is 10.6 Å². The van der Waals surface area contributed by atoms with Crippen molar-refractivity contribution < 1.29 is 9.59 Å². The first-order chi connectivity index (χ1) is 9.69. The summed E-state index contributed by atoms with van der Waals surface area (Å²) in [6, 6.07) is 15.5. The van der Waals surface area contributed by atoms with E-state index in [1.165, 1.54) is 0 Å². The predicted molar refractivity (Wildman–Crippen MR) is 78.6 cm³/mol. The summed E-state index contributed by atoms with van der Waals surface area (Å²) in [4.78, 5) is 23.0. The van der Waals surface area contributed by atoms with Gasteiger partial charge in [0.25, 0.3) is 0 Å². The molecule has 2 aromatic rings. The van der Waals surface area contributed by atoms with E-state index in [2.05, 4.69) is 10.6 Å². The van der Waals surface area contributed by atoms with Gasteiger partial charge in [-0.1, -0.05) is 48.0 Å². The summed E-state index contributed by atoms with van der Waals surface area (Å²) in [5, 5.41) is 5.32. The van der Waals surface area contributed by atoms with Gasteiger partial charge in [-0.3, -0.25) is 0 Å². The number of hydrogen-bond donors (Lipinski definition) is 2. The number of urea groups is 1. The van der Waals surface area contributed by atoms with Crippen molar-refractivity contribution in [1.29, 1.82) is 0 Å². The number of hydrogen-bond acceptors (Lipinski definition) is 2. The fraction of sp³-hybridized carbons (Fsp3) is 0.125. The lowest BCUT2D eigenvalue weighted by molar-refractivity contribution is -0.109. The lowest BCUT2D eigenvalue weighted by Gasteiger charge is -2.14. The van der Waals surface area contributed by atoms with Crippen LogP contribution in [0.1, 0.15) is 17.2 Å². The van der Waals surface area contributed by atoms with E-state index >= 15 is 0 Å². The number of nitrogens with one attached hydrogen (secondary N) is 2. The fourth-order valence-electron chi connectivity index (χ4n) is 1.80. The Labute approximate surface area is 117 Å². The number of carbonyl (C=O) groups is 2. The predicted octanol–water partition coefficient (Wildman–Crippen LogP) is 3.06. The highest BCUT2D eigenvalue weighted by Crippen LogP contribution is 2.11. The third-order valence-corrected chi connectivity index (χ3v) is 2.89. The van der Waals surface area contributed by atoms with Crippen LogP contribution in [0.3, 0.4) is 0 Å². The Bertz CT molecular complexity index is 579. The topological polar surface area (TPSA) is 58.2 Å². The van der Waals surface area contributed by atoms with Crippen molar-refractivity contribution in [1.82, 2.24) is 5.32 Å². The average molecular weight is 268 g/mol. The number of rotatable bonds is 4. The Morgan fingerprint density at radius 3 is 2.30 bits per heavy atom. The Hall–Kier alpha value is -2.62. The Kier molecular flexibility index (Phi) is 4.50. The van der Waals surface area contributed by atoms with Gasteiger partial charge >= 0.3 is 6.03 Å². The highest BCUT2D eigenvalue weighted by Gasteiger charge is 2.13. The molecule has 0 radical (unpaired) electrons. The Balaban J connectivity index is 1.99. The number of aryl methyl sites for hydroxylation is 1. The lowest BCUT2D eigenvalue weighted by Crippen LogP contribution is -2.33. The summed E-state index contributed by atoms with van der Waals surface area (Å²) >= 11 is 0. The molecule has 4 nitrogen and oxygen atoms in total. The van der Waals surface area contributed by atoms with E-state index in [-0.39, 0.29) is 0 Å². The van der Waals surface area contributed by atoms with Gasteiger partial charge in [-0.15, -0.1) is 0 Å². The average Bonchev–Trinajstić information content (AvgIpc) is 2.48. The number of amides is 2. The molecule has 2 N–H and O–H groups in total. The second kappa shape index (κ2) is 6.52. The van der Waals surface area contributed by atoms with Crippen molar-refractivity contribution in [2.24, 2.45) is 0 Å². The van der Waals surface area contributed by atoms with Gasteiger partial charge in [0.05, 0.1) is 0 Å². The first-order valence-corrected chi connectivity index (χ1v) is 6.33. The molecule has 0 aromatic heterocycles. The van der Waals surface area contributed by atoms with E-state index in [1.54, 1.807) is 12.1 Å². The maximum absolute atomic E-state index is 11.9. The zero-order valence-electron chi connectivity index (χ0n) is 11.2. The summed E-state index contributed by atoms with van der Waals surface area (Å²) in [6.45, 7) is 1.97. The van der Waals surface area contributed by atoms with E-state index in [9.17, 15) is 9.59 Å². The Morgan fingerprint density at radius 2 is 1.70 bits per heavy atom. The fourth-order valence-corrected chi connectivity index (χ4v) is 1.80. The van der Waals surface area contributed by atoms with Gasteiger partial charge in [0.15, 0.2) is 0 Å². The van der Waals surface area contributed by atoms with Crippen molar-refractivity contribution in [3.63, 3.8) is 0 Å².